The number of ether oxygens (including phenoxy) is 2. The van der Waals surface area contributed by atoms with E-state index in [9.17, 15) is 14.7 Å². The lowest BCUT2D eigenvalue weighted by Crippen LogP contribution is -2.29. The summed E-state index contributed by atoms with van der Waals surface area (Å²) in [5.41, 5.74) is 0.671. The van der Waals surface area contributed by atoms with E-state index in [-0.39, 0.29) is 11.3 Å². The number of carbonyl (C=O) groups excluding carboxylic acids is 2. The van der Waals surface area contributed by atoms with Gasteiger partial charge in [0.2, 0.25) is 0 Å². The summed E-state index contributed by atoms with van der Waals surface area (Å²) in [5.74, 6) is -0.614. The maximum atomic E-state index is 13.1. The molecule has 1 aliphatic rings. The highest BCUT2D eigenvalue weighted by Crippen LogP contribution is 2.43. The van der Waals surface area contributed by atoms with E-state index in [4.69, 9.17) is 25.5 Å². The van der Waals surface area contributed by atoms with Gasteiger partial charge in [-0.05, 0) is 68.4 Å². The van der Waals surface area contributed by atoms with Crippen molar-refractivity contribution < 1.29 is 28.6 Å². The number of hydrogen-bond donors (Lipinski definition) is 1. The van der Waals surface area contributed by atoms with E-state index in [1.165, 1.54) is 17.2 Å². The Morgan fingerprint density at radius 2 is 1.79 bits per heavy atom. The standard InChI is InChI=1S/C25H22ClNO6/c1-3-31-17-10-8-16(9-11-17)27-22(19-6-5-13-33-19)21(24(29)25(27)30)23(28)15-7-12-18(26)20(14-15)32-4-2/h5-14,22,28H,3-4H2,1-2H3/b23-21-. The fourth-order valence-electron chi connectivity index (χ4n) is 3.76. The average Bonchev–Trinajstić information content (AvgIpc) is 3.43. The number of aliphatic hydroxyl groups excluding tert-OH is 1. The van der Waals surface area contributed by atoms with Gasteiger partial charge >= 0.3 is 0 Å². The maximum Gasteiger partial charge on any atom is 0.300 e. The number of hydrogen-bond acceptors (Lipinski definition) is 6. The second-order valence-electron chi connectivity index (χ2n) is 7.19. The van der Waals surface area contributed by atoms with Crippen LogP contribution < -0.4 is 14.4 Å². The largest absolute Gasteiger partial charge is 0.507 e. The molecule has 0 spiro atoms. The zero-order chi connectivity index (χ0) is 23.5. The Balaban J connectivity index is 1.85. The number of ketones is 1. The number of aliphatic hydroxyl groups is 1. The predicted molar refractivity (Wildman–Crippen MR) is 124 cm³/mol. The van der Waals surface area contributed by atoms with Crippen molar-refractivity contribution in [2.75, 3.05) is 18.1 Å². The molecule has 0 bridgehead atoms. The number of furan rings is 1. The van der Waals surface area contributed by atoms with Gasteiger partial charge in [0.05, 0.1) is 30.1 Å². The van der Waals surface area contributed by atoms with Crippen LogP contribution in [0.2, 0.25) is 5.02 Å². The molecule has 0 saturated carbocycles. The molecule has 33 heavy (non-hydrogen) atoms. The molecule has 0 aliphatic carbocycles. The summed E-state index contributed by atoms with van der Waals surface area (Å²) < 4.78 is 16.5. The molecule has 0 radical (unpaired) electrons. The normalized spacial score (nSPS) is 17.4. The Morgan fingerprint density at radius 3 is 2.42 bits per heavy atom. The van der Waals surface area contributed by atoms with Crippen molar-refractivity contribution in [3.8, 4) is 11.5 Å². The topological polar surface area (TPSA) is 89.2 Å². The molecule has 4 rings (SSSR count). The van der Waals surface area contributed by atoms with E-state index in [0.717, 1.165) is 0 Å². The molecule has 170 valence electrons. The van der Waals surface area contributed by atoms with Crippen molar-refractivity contribution >= 4 is 34.7 Å². The lowest BCUT2D eigenvalue weighted by Gasteiger charge is -2.23. The van der Waals surface area contributed by atoms with Crippen LogP contribution in [0.4, 0.5) is 5.69 Å². The van der Waals surface area contributed by atoms with Crippen LogP contribution >= 0.6 is 11.6 Å². The monoisotopic (exact) mass is 467 g/mol. The van der Waals surface area contributed by atoms with E-state index in [0.29, 0.717) is 46.7 Å². The third-order valence-corrected chi connectivity index (χ3v) is 5.50. The minimum atomic E-state index is -0.954. The van der Waals surface area contributed by atoms with Gasteiger partial charge < -0.3 is 19.0 Å². The number of benzene rings is 2. The Labute approximate surface area is 195 Å². The molecule has 1 N–H and O–H groups in total. The molecule has 1 fully saturated rings. The molecular formula is C25H22ClNO6. The molecule has 1 saturated heterocycles. The fourth-order valence-corrected chi connectivity index (χ4v) is 3.93. The van der Waals surface area contributed by atoms with Gasteiger partial charge in [-0.2, -0.15) is 0 Å². The first-order chi connectivity index (χ1) is 16.0. The molecule has 1 unspecified atom stereocenters. The number of amides is 1. The third-order valence-electron chi connectivity index (χ3n) is 5.19. The van der Waals surface area contributed by atoms with Gasteiger partial charge in [-0.3, -0.25) is 14.5 Å². The SMILES string of the molecule is CCOc1ccc(N2C(=O)C(=O)/C(=C(\O)c3ccc(Cl)c(OCC)c3)C2c2ccco2)cc1. The van der Waals surface area contributed by atoms with Crippen molar-refractivity contribution in [3.63, 3.8) is 0 Å². The Kier molecular flexibility index (Phi) is 6.42. The fraction of sp³-hybridized carbons (Fsp3) is 0.200. The molecule has 2 heterocycles. The maximum absolute atomic E-state index is 13.1. The second kappa shape index (κ2) is 9.42. The Bertz CT molecular complexity index is 1200. The van der Waals surface area contributed by atoms with Crippen LogP contribution in [0.3, 0.4) is 0 Å². The van der Waals surface area contributed by atoms with Crippen molar-refractivity contribution in [2.24, 2.45) is 0 Å². The van der Waals surface area contributed by atoms with Gasteiger partial charge in [0.25, 0.3) is 11.7 Å². The minimum absolute atomic E-state index is 0.0893. The number of halogens is 1. The Hall–Kier alpha value is -3.71. The first-order valence-electron chi connectivity index (χ1n) is 10.5. The van der Waals surface area contributed by atoms with Crippen molar-refractivity contribution in [3.05, 3.63) is 82.8 Å². The van der Waals surface area contributed by atoms with Crippen molar-refractivity contribution in [2.45, 2.75) is 19.9 Å². The van der Waals surface area contributed by atoms with E-state index >= 15 is 0 Å². The summed E-state index contributed by atoms with van der Waals surface area (Å²) in [6, 6.07) is 13.8. The molecule has 3 aromatic rings. The Morgan fingerprint density at radius 1 is 1.06 bits per heavy atom. The zero-order valence-electron chi connectivity index (χ0n) is 18.1. The zero-order valence-corrected chi connectivity index (χ0v) is 18.8. The summed E-state index contributed by atoms with van der Waals surface area (Å²) in [6.07, 6.45) is 1.45. The number of rotatable bonds is 7. The lowest BCUT2D eigenvalue weighted by molar-refractivity contribution is -0.132. The van der Waals surface area contributed by atoms with E-state index in [2.05, 4.69) is 0 Å². The van der Waals surface area contributed by atoms with E-state index < -0.39 is 17.7 Å². The van der Waals surface area contributed by atoms with Crippen molar-refractivity contribution in [1.29, 1.82) is 0 Å². The number of Topliss-reactive ketones (excluding diaryl/α,β-unsaturated/α-hetero) is 1. The van der Waals surface area contributed by atoms with Gasteiger partial charge in [0.1, 0.15) is 29.1 Å². The van der Waals surface area contributed by atoms with Crippen LogP contribution in [0.15, 0.2) is 70.9 Å². The van der Waals surface area contributed by atoms with Gasteiger partial charge in [-0.25, -0.2) is 0 Å². The van der Waals surface area contributed by atoms with Gasteiger partial charge in [-0.15, -0.1) is 0 Å². The molecular weight excluding hydrogens is 446 g/mol. The molecule has 1 atom stereocenters. The average molecular weight is 468 g/mol. The highest BCUT2D eigenvalue weighted by Gasteiger charge is 2.48. The number of anilines is 1. The smallest absolute Gasteiger partial charge is 0.300 e. The number of nitrogens with zero attached hydrogens (tertiary/aromatic N) is 1. The second-order valence-corrected chi connectivity index (χ2v) is 7.60. The van der Waals surface area contributed by atoms with E-state index in [1.807, 2.05) is 13.8 Å². The molecule has 1 amide bonds. The summed E-state index contributed by atoms with van der Waals surface area (Å²) >= 11 is 6.16. The quantitative estimate of drug-likeness (QED) is 0.286. The van der Waals surface area contributed by atoms with Crippen LogP contribution in [-0.4, -0.2) is 30.0 Å². The van der Waals surface area contributed by atoms with Crippen LogP contribution in [0.25, 0.3) is 5.76 Å². The van der Waals surface area contributed by atoms with Crippen LogP contribution in [0, 0.1) is 0 Å². The lowest BCUT2D eigenvalue weighted by atomic mass is 9.99. The summed E-state index contributed by atoms with van der Waals surface area (Å²) in [4.78, 5) is 27.5. The van der Waals surface area contributed by atoms with Gasteiger partial charge in [0.15, 0.2) is 0 Å². The predicted octanol–water partition coefficient (Wildman–Crippen LogP) is 5.36. The van der Waals surface area contributed by atoms with Crippen LogP contribution in [0.5, 0.6) is 11.5 Å². The van der Waals surface area contributed by atoms with Crippen LogP contribution in [0.1, 0.15) is 31.2 Å². The molecule has 1 aromatic heterocycles. The van der Waals surface area contributed by atoms with Crippen LogP contribution in [-0.2, 0) is 9.59 Å². The van der Waals surface area contributed by atoms with Gasteiger partial charge in [-0.1, -0.05) is 11.6 Å². The first kappa shape index (κ1) is 22.5. The van der Waals surface area contributed by atoms with Crippen molar-refractivity contribution in [1.82, 2.24) is 0 Å². The summed E-state index contributed by atoms with van der Waals surface area (Å²) in [7, 11) is 0. The summed E-state index contributed by atoms with van der Waals surface area (Å²) in [6.45, 7) is 4.55. The summed E-state index contributed by atoms with van der Waals surface area (Å²) in [5, 5.41) is 11.5. The highest BCUT2D eigenvalue weighted by atomic mass is 35.5. The highest BCUT2D eigenvalue weighted by molar-refractivity contribution is 6.51. The van der Waals surface area contributed by atoms with E-state index in [1.54, 1.807) is 48.5 Å². The molecule has 7 nitrogen and oxygen atoms in total. The minimum Gasteiger partial charge on any atom is -0.507 e. The van der Waals surface area contributed by atoms with Gasteiger partial charge in [0, 0.05) is 11.3 Å². The number of carbonyl (C=O) groups is 2. The first-order valence-corrected chi connectivity index (χ1v) is 10.8. The third kappa shape index (κ3) is 4.19. The molecule has 1 aliphatic heterocycles. The molecule has 8 heteroatoms. The molecule has 2 aromatic carbocycles.